The number of aliphatic carboxylic acids is 1. The fourth-order valence-corrected chi connectivity index (χ4v) is 4.55. The Morgan fingerprint density at radius 1 is 1.26 bits per heavy atom. The molecular formula is C26H31F3N2O3. The summed E-state index contributed by atoms with van der Waals surface area (Å²) in [6.07, 6.45) is 4.72. The van der Waals surface area contributed by atoms with Gasteiger partial charge < -0.3 is 14.7 Å². The highest BCUT2D eigenvalue weighted by Crippen LogP contribution is 2.48. The molecule has 1 unspecified atom stereocenters. The van der Waals surface area contributed by atoms with E-state index in [0.717, 1.165) is 35.8 Å². The van der Waals surface area contributed by atoms with E-state index in [9.17, 15) is 18.0 Å². The molecule has 8 heteroatoms. The minimum Gasteiger partial charge on any atom is -0.487 e. The maximum atomic E-state index is 13.4. The summed E-state index contributed by atoms with van der Waals surface area (Å²) in [6.45, 7) is 1.67. The molecule has 1 N–H and O–H groups in total. The Hall–Kier alpha value is -2.77. The van der Waals surface area contributed by atoms with Crippen molar-refractivity contribution in [2.45, 2.75) is 76.1 Å². The van der Waals surface area contributed by atoms with Gasteiger partial charge in [-0.05, 0) is 48.6 Å². The van der Waals surface area contributed by atoms with Crippen molar-refractivity contribution in [1.82, 2.24) is 4.98 Å². The standard InChI is InChI=1S/C23H25F3N2O3.C3H6/c1-14(21(29)30)10-15-5-6-16-7-8-22(31-19(16)11-15)12-17(13-22)28(2)20-18(23(24,25)26)4-3-9-27-20;1-2-3-1/h3-6,9,11,14,17H,7-8,10,12-13H2,1-2H3,(H,29,30);1-3H2. The fraction of sp³-hybridized carbons (Fsp3) is 0.538. The van der Waals surface area contributed by atoms with Crippen LogP contribution in [-0.2, 0) is 23.8 Å². The third-order valence-electron chi connectivity index (χ3n) is 6.81. The van der Waals surface area contributed by atoms with Gasteiger partial charge in [0.1, 0.15) is 17.2 Å². The molecule has 1 aromatic heterocycles. The van der Waals surface area contributed by atoms with Crippen molar-refractivity contribution in [3.8, 4) is 5.75 Å². The van der Waals surface area contributed by atoms with Crippen molar-refractivity contribution in [2.75, 3.05) is 11.9 Å². The first kappa shape index (κ1) is 24.4. The second-order valence-electron chi connectivity index (χ2n) is 9.78. The third-order valence-corrected chi connectivity index (χ3v) is 6.81. The minimum atomic E-state index is -4.46. The second-order valence-corrected chi connectivity index (χ2v) is 9.78. The van der Waals surface area contributed by atoms with E-state index in [4.69, 9.17) is 9.84 Å². The maximum Gasteiger partial charge on any atom is 0.419 e. The number of carboxylic acid groups (broad SMARTS) is 1. The highest BCUT2D eigenvalue weighted by molar-refractivity contribution is 5.70. The summed E-state index contributed by atoms with van der Waals surface area (Å²) in [7, 11) is 1.65. The van der Waals surface area contributed by atoms with Gasteiger partial charge in [-0.25, -0.2) is 4.98 Å². The van der Waals surface area contributed by atoms with Gasteiger partial charge in [0.2, 0.25) is 0 Å². The van der Waals surface area contributed by atoms with Crippen molar-refractivity contribution in [2.24, 2.45) is 5.92 Å². The van der Waals surface area contributed by atoms with E-state index in [-0.39, 0.29) is 11.9 Å². The Morgan fingerprint density at radius 3 is 2.59 bits per heavy atom. The number of nitrogens with zero attached hydrogens (tertiary/aromatic N) is 2. The predicted molar refractivity (Wildman–Crippen MR) is 123 cm³/mol. The number of pyridine rings is 1. The van der Waals surface area contributed by atoms with Crippen molar-refractivity contribution in [1.29, 1.82) is 0 Å². The van der Waals surface area contributed by atoms with Crippen molar-refractivity contribution >= 4 is 11.8 Å². The molecule has 2 aliphatic carbocycles. The molecule has 0 amide bonds. The van der Waals surface area contributed by atoms with Gasteiger partial charge in [-0.1, -0.05) is 38.3 Å². The molecule has 3 aliphatic rings. The van der Waals surface area contributed by atoms with Gasteiger partial charge in [0.15, 0.2) is 0 Å². The van der Waals surface area contributed by atoms with Crippen LogP contribution in [0.3, 0.4) is 0 Å². The van der Waals surface area contributed by atoms with Crippen molar-refractivity contribution in [3.05, 3.63) is 53.2 Å². The van der Waals surface area contributed by atoms with Gasteiger partial charge in [0.25, 0.3) is 0 Å². The van der Waals surface area contributed by atoms with Crippen LogP contribution in [0.15, 0.2) is 36.5 Å². The maximum absolute atomic E-state index is 13.4. The molecule has 2 heterocycles. The summed E-state index contributed by atoms with van der Waals surface area (Å²) in [5.41, 5.74) is 0.863. The van der Waals surface area contributed by atoms with Gasteiger partial charge in [0, 0.05) is 32.1 Å². The largest absolute Gasteiger partial charge is 0.487 e. The lowest BCUT2D eigenvalue weighted by Gasteiger charge is -2.53. The Kier molecular flexibility index (Phi) is 6.78. The van der Waals surface area contributed by atoms with Gasteiger partial charge in [-0.3, -0.25) is 4.79 Å². The van der Waals surface area contributed by atoms with Crippen LogP contribution in [-0.4, -0.2) is 34.8 Å². The zero-order valence-corrected chi connectivity index (χ0v) is 19.6. The molecule has 184 valence electrons. The molecule has 34 heavy (non-hydrogen) atoms. The topological polar surface area (TPSA) is 62.7 Å². The van der Waals surface area contributed by atoms with Crippen LogP contribution in [0.5, 0.6) is 5.75 Å². The van der Waals surface area contributed by atoms with E-state index >= 15 is 0 Å². The Labute approximate surface area is 197 Å². The number of halogens is 3. The lowest BCUT2D eigenvalue weighted by atomic mass is 9.70. The lowest BCUT2D eigenvalue weighted by molar-refractivity contribution is -0.141. The molecular weight excluding hydrogens is 445 g/mol. The average molecular weight is 477 g/mol. The van der Waals surface area contributed by atoms with Crippen molar-refractivity contribution in [3.63, 3.8) is 0 Å². The number of aromatic nitrogens is 1. The molecule has 1 aliphatic heterocycles. The molecule has 2 fully saturated rings. The number of rotatable bonds is 5. The number of hydrogen-bond acceptors (Lipinski definition) is 4. The number of carboxylic acids is 1. The van der Waals surface area contributed by atoms with E-state index < -0.39 is 29.2 Å². The number of ether oxygens (including phenoxy) is 1. The highest BCUT2D eigenvalue weighted by Gasteiger charge is 2.50. The number of alkyl halides is 3. The zero-order valence-electron chi connectivity index (χ0n) is 19.6. The van der Waals surface area contributed by atoms with Crippen LogP contribution in [0, 0.1) is 5.92 Å². The number of aryl methyl sites for hydroxylation is 1. The molecule has 0 bridgehead atoms. The molecule has 1 atom stereocenters. The minimum absolute atomic E-state index is 0.0593. The van der Waals surface area contributed by atoms with Crippen LogP contribution in [0.2, 0.25) is 0 Å². The monoisotopic (exact) mass is 476 g/mol. The summed E-state index contributed by atoms with van der Waals surface area (Å²) in [6, 6.07) is 8.10. The van der Waals surface area contributed by atoms with E-state index in [1.807, 2.05) is 18.2 Å². The number of fused-ring (bicyclic) bond motifs is 1. The normalized spacial score (nSPS) is 23.5. The summed E-state index contributed by atoms with van der Waals surface area (Å²) >= 11 is 0. The second kappa shape index (κ2) is 9.47. The zero-order chi connectivity index (χ0) is 24.5. The van der Waals surface area contributed by atoms with Crippen LogP contribution in [0.1, 0.15) is 62.1 Å². The Balaban J connectivity index is 0.000000846. The summed E-state index contributed by atoms with van der Waals surface area (Å²) < 4.78 is 46.4. The number of anilines is 1. The van der Waals surface area contributed by atoms with E-state index in [2.05, 4.69) is 4.98 Å². The van der Waals surface area contributed by atoms with E-state index in [1.165, 1.54) is 31.5 Å². The van der Waals surface area contributed by atoms with Crippen LogP contribution in [0.4, 0.5) is 19.0 Å². The molecule has 2 saturated carbocycles. The first-order chi connectivity index (χ1) is 16.1. The third kappa shape index (κ3) is 5.47. The molecule has 5 nitrogen and oxygen atoms in total. The number of carbonyl (C=O) groups is 1. The van der Waals surface area contributed by atoms with Crippen LogP contribution < -0.4 is 9.64 Å². The van der Waals surface area contributed by atoms with Crippen LogP contribution in [0.25, 0.3) is 0 Å². The average Bonchev–Trinajstić information content (AvgIpc) is 3.65. The predicted octanol–water partition coefficient (Wildman–Crippen LogP) is 5.90. The van der Waals surface area contributed by atoms with Gasteiger partial charge in [-0.15, -0.1) is 0 Å². The van der Waals surface area contributed by atoms with E-state index in [0.29, 0.717) is 19.3 Å². The van der Waals surface area contributed by atoms with E-state index in [1.54, 1.807) is 18.9 Å². The molecule has 0 saturated heterocycles. The molecule has 0 radical (unpaired) electrons. The fourth-order valence-electron chi connectivity index (χ4n) is 4.55. The summed E-state index contributed by atoms with van der Waals surface area (Å²) in [4.78, 5) is 16.7. The molecule has 2 aromatic rings. The first-order valence-electron chi connectivity index (χ1n) is 11.9. The van der Waals surface area contributed by atoms with Crippen LogP contribution >= 0.6 is 0 Å². The Bertz CT molecular complexity index is 1030. The van der Waals surface area contributed by atoms with Crippen molar-refractivity contribution < 1.29 is 27.8 Å². The number of hydrogen-bond donors (Lipinski definition) is 1. The van der Waals surface area contributed by atoms with Gasteiger partial charge in [0.05, 0.1) is 11.5 Å². The highest BCUT2D eigenvalue weighted by atomic mass is 19.4. The summed E-state index contributed by atoms with van der Waals surface area (Å²) in [5.74, 6) is -0.626. The first-order valence-corrected chi connectivity index (χ1v) is 11.9. The van der Waals surface area contributed by atoms with Gasteiger partial charge >= 0.3 is 12.1 Å². The summed E-state index contributed by atoms with van der Waals surface area (Å²) in [5, 5.41) is 9.15. The lowest BCUT2D eigenvalue weighted by Crippen LogP contribution is -2.59. The Morgan fingerprint density at radius 2 is 1.97 bits per heavy atom. The quantitative estimate of drug-likeness (QED) is 0.583. The smallest absolute Gasteiger partial charge is 0.419 e. The van der Waals surface area contributed by atoms with Gasteiger partial charge in [-0.2, -0.15) is 13.2 Å². The number of benzene rings is 1. The molecule has 1 spiro atoms. The molecule has 5 rings (SSSR count). The molecule has 1 aromatic carbocycles. The SMILES string of the molecule is C1CC1.CC(Cc1ccc2c(c1)OC1(CC2)CC(N(C)c2ncccc2C(F)(F)F)C1)C(=O)O.